The van der Waals surface area contributed by atoms with E-state index in [1.54, 1.807) is 0 Å². The third kappa shape index (κ3) is 3.90. The molecule has 3 heteroatoms. The minimum absolute atomic E-state index is 0.517. The van der Waals surface area contributed by atoms with Gasteiger partial charge in [0, 0.05) is 6.04 Å². The summed E-state index contributed by atoms with van der Waals surface area (Å²) in [5, 5.41) is 5.13. The third-order valence-corrected chi connectivity index (χ3v) is 5.43. The molecule has 3 unspecified atom stereocenters. The Hall–Kier alpha value is -0.240. The molecule has 112 valence electrons. The summed E-state index contributed by atoms with van der Waals surface area (Å²) in [5.74, 6) is 1.57. The van der Waals surface area contributed by atoms with Crippen LogP contribution in [0.25, 0.3) is 0 Å². The van der Waals surface area contributed by atoms with Gasteiger partial charge in [0.05, 0.1) is 10.0 Å². The van der Waals surface area contributed by atoms with Gasteiger partial charge in [-0.15, -0.1) is 0 Å². The lowest BCUT2D eigenvalue weighted by atomic mass is 9.86. The molecular weight excluding hydrogens is 289 g/mol. The smallest absolute Gasteiger partial charge is 0.0624 e. The Morgan fingerprint density at radius 2 is 2.10 bits per heavy atom. The van der Waals surface area contributed by atoms with Crippen LogP contribution in [0.2, 0.25) is 10.0 Å². The summed E-state index contributed by atoms with van der Waals surface area (Å²) in [6.07, 6.45) is 6.20. The summed E-state index contributed by atoms with van der Waals surface area (Å²) in [4.78, 5) is 0. The van der Waals surface area contributed by atoms with Crippen LogP contribution in [-0.2, 0) is 6.42 Å². The maximum Gasteiger partial charge on any atom is 0.0624 e. The second-order valence-electron chi connectivity index (χ2n) is 6.05. The first-order valence-electron chi connectivity index (χ1n) is 7.79. The minimum Gasteiger partial charge on any atom is -0.313 e. The summed E-state index contributed by atoms with van der Waals surface area (Å²) < 4.78 is 0. The van der Waals surface area contributed by atoms with E-state index in [9.17, 15) is 0 Å². The molecule has 1 aliphatic carbocycles. The van der Waals surface area contributed by atoms with Crippen LogP contribution in [0, 0.1) is 11.8 Å². The van der Waals surface area contributed by atoms with Gasteiger partial charge in [-0.25, -0.2) is 0 Å². The van der Waals surface area contributed by atoms with Gasteiger partial charge < -0.3 is 5.32 Å². The minimum atomic E-state index is 0.517. The normalized spacial score (nSPS) is 24.0. The lowest BCUT2D eigenvalue weighted by Crippen LogP contribution is -2.39. The van der Waals surface area contributed by atoms with Gasteiger partial charge in [0.1, 0.15) is 0 Å². The highest BCUT2D eigenvalue weighted by Gasteiger charge is 2.30. The van der Waals surface area contributed by atoms with Crippen molar-refractivity contribution >= 4 is 23.2 Å². The number of hydrogen-bond donors (Lipinski definition) is 1. The van der Waals surface area contributed by atoms with Crippen LogP contribution in [0.3, 0.4) is 0 Å². The van der Waals surface area contributed by atoms with Crippen molar-refractivity contribution in [2.75, 3.05) is 6.54 Å². The Kier molecular flexibility index (Phi) is 6.20. The van der Waals surface area contributed by atoms with Gasteiger partial charge in [-0.1, -0.05) is 62.0 Å². The molecule has 1 fully saturated rings. The summed E-state index contributed by atoms with van der Waals surface area (Å²) in [6, 6.07) is 6.48. The maximum absolute atomic E-state index is 6.35. The predicted octanol–water partition coefficient (Wildman–Crippen LogP) is 5.34. The van der Waals surface area contributed by atoms with Gasteiger partial charge in [0.15, 0.2) is 0 Å². The van der Waals surface area contributed by atoms with Gasteiger partial charge in [-0.3, -0.25) is 0 Å². The summed E-state index contributed by atoms with van der Waals surface area (Å²) >= 11 is 12.5. The molecule has 1 saturated carbocycles. The van der Waals surface area contributed by atoms with E-state index in [0.29, 0.717) is 11.1 Å². The lowest BCUT2D eigenvalue weighted by molar-refractivity contribution is 0.295. The zero-order valence-corrected chi connectivity index (χ0v) is 14.0. The molecule has 0 aromatic heterocycles. The van der Waals surface area contributed by atoms with Crippen molar-refractivity contribution in [1.29, 1.82) is 0 Å². The maximum atomic E-state index is 6.35. The largest absolute Gasteiger partial charge is 0.313 e. The van der Waals surface area contributed by atoms with Crippen molar-refractivity contribution in [1.82, 2.24) is 5.32 Å². The molecule has 0 heterocycles. The van der Waals surface area contributed by atoms with Gasteiger partial charge in [0.2, 0.25) is 0 Å². The number of nitrogens with one attached hydrogen (secondary N) is 1. The highest BCUT2D eigenvalue weighted by molar-refractivity contribution is 6.42. The van der Waals surface area contributed by atoms with E-state index in [1.165, 1.54) is 31.2 Å². The van der Waals surface area contributed by atoms with Crippen LogP contribution in [0.5, 0.6) is 0 Å². The molecule has 0 amide bonds. The van der Waals surface area contributed by atoms with Crippen LogP contribution in [0.4, 0.5) is 0 Å². The SMILES string of the molecule is CCCNC(Cc1cccc(Cl)c1Cl)C1CCCC1C. The van der Waals surface area contributed by atoms with Crippen molar-refractivity contribution < 1.29 is 0 Å². The summed E-state index contributed by atoms with van der Waals surface area (Å²) in [7, 11) is 0. The molecule has 3 atom stereocenters. The van der Waals surface area contributed by atoms with Crippen LogP contribution in [-0.4, -0.2) is 12.6 Å². The standard InChI is InChI=1S/C17H25Cl2N/c1-3-10-20-16(14-8-4-6-12(14)2)11-13-7-5-9-15(18)17(13)19/h5,7,9,12,14,16,20H,3-4,6,8,10-11H2,1-2H3. The average Bonchev–Trinajstić information content (AvgIpc) is 2.85. The fraction of sp³-hybridized carbons (Fsp3) is 0.647. The van der Waals surface area contributed by atoms with E-state index < -0.39 is 0 Å². The van der Waals surface area contributed by atoms with E-state index in [2.05, 4.69) is 25.2 Å². The van der Waals surface area contributed by atoms with E-state index in [1.807, 2.05) is 12.1 Å². The molecule has 0 spiro atoms. The molecule has 1 N–H and O–H groups in total. The number of rotatable bonds is 6. The first-order valence-corrected chi connectivity index (χ1v) is 8.55. The van der Waals surface area contributed by atoms with E-state index in [4.69, 9.17) is 23.2 Å². The molecule has 1 aromatic carbocycles. The number of halogens is 2. The predicted molar refractivity (Wildman–Crippen MR) is 88.8 cm³/mol. The monoisotopic (exact) mass is 313 g/mol. The van der Waals surface area contributed by atoms with Crippen LogP contribution < -0.4 is 5.32 Å². The molecule has 2 rings (SSSR count). The molecule has 0 radical (unpaired) electrons. The molecule has 20 heavy (non-hydrogen) atoms. The summed E-state index contributed by atoms with van der Waals surface area (Å²) in [5.41, 5.74) is 1.17. The van der Waals surface area contributed by atoms with Crippen molar-refractivity contribution in [2.45, 2.75) is 52.0 Å². The quantitative estimate of drug-likeness (QED) is 0.747. The Morgan fingerprint density at radius 1 is 1.30 bits per heavy atom. The first kappa shape index (κ1) is 16.1. The molecular formula is C17H25Cl2N. The molecule has 0 aliphatic heterocycles. The van der Waals surface area contributed by atoms with E-state index >= 15 is 0 Å². The Morgan fingerprint density at radius 3 is 2.75 bits per heavy atom. The van der Waals surface area contributed by atoms with Crippen molar-refractivity contribution in [3.63, 3.8) is 0 Å². The first-order chi connectivity index (χ1) is 9.63. The van der Waals surface area contributed by atoms with E-state index in [-0.39, 0.29) is 0 Å². The highest BCUT2D eigenvalue weighted by Crippen LogP contribution is 2.36. The average molecular weight is 314 g/mol. The molecule has 0 saturated heterocycles. The number of benzene rings is 1. The van der Waals surface area contributed by atoms with Gasteiger partial charge >= 0.3 is 0 Å². The zero-order chi connectivity index (χ0) is 14.5. The van der Waals surface area contributed by atoms with Gasteiger partial charge in [0.25, 0.3) is 0 Å². The van der Waals surface area contributed by atoms with Crippen LogP contribution >= 0.6 is 23.2 Å². The van der Waals surface area contributed by atoms with Crippen molar-refractivity contribution in [2.24, 2.45) is 11.8 Å². The van der Waals surface area contributed by atoms with Crippen molar-refractivity contribution in [3.8, 4) is 0 Å². The highest BCUT2D eigenvalue weighted by atomic mass is 35.5. The Bertz CT molecular complexity index is 433. The zero-order valence-electron chi connectivity index (χ0n) is 12.5. The van der Waals surface area contributed by atoms with E-state index in [0.717, 1.165) is 29.8 Å². The topological polar surface area (TPSA) is 12.0 Å². The second kappa shape index (κ2) is 7.68. The Balaban J connectivity index is 2.12. The lowest BCUT2D eigenvalue weighted by Gasteiger charge is -2.28. The van der Waals surface area contributed by atoms with Crippen LogP contribution in [0.1, 0.15) is 45.1 Å². The molecule has 0 bridgehead atoms. The molecule has 1 nitrogen and oxygen atoms in total. The van der Waals surface area contributed by atoms with Crippen molar-refractivity contribution in [3.05, 3.63) is 33.8 Å². The number of hydrogen-bond acceptors (Lipinski definition) is 1. The molecule has 1 aromatic rings. The van der Waals surface area contributed by atoms with Gasteiger partial charge in [-0.2, -0.15) is 0 Å². The third-order valence-electron chi connectivity index (χ3n) is 4.57. The Labute approximate surface area is 133 Å². The second-order valence-corrected chi connectivity index (χ2v) is 6.83. The fourth-order valence-corrected chi connectivity index (χ4v) is 3.82. The van der Waals surface area contributed by atoms with Gasteiger partial charge in [-0.05, 0) is 49.3 Å². The summed E-state index contributed by atoms with van der Waals surface area (Å²) in [6.45, 7) is 5.68. The van der Waals surface area contributed by atoms with Crippen LogP contribution in [0.15, 0.2) is 18.2 Å². The molecule has 1 aliphatic rings. The fourth-order valence-electron chi connectivity index (χ4n) is 3.42.